The summed E-state index contributed by atoms with van der Waals surface area (Å²) in [7, 11) is 0. The number of aldehydes is 1. The number of allylic oxidation sites excluding steroid dienone is 1. The number of nitrogens with zero attached hydrogens (tertiary/aromatic N) is 1. The molecule has 0 bridgehead atoms. The number of rotatable bonds is 3. The van der Waals surface area contributed by atoms with Gasteiger partial charge in [-0.15, -0.1) is 11.3 Å². The molecule has 0 aliphatic heterocycles. The lowest BCUT2D eigenvalue weighted by molar-refractivity contribution is -0.105. The Bertz CT molecular complexity index is 363. The second-order valence-electron chi connectivity index (χ2n) is 3.60. The maximum atomic E-state index is 10.8. The van der Waals surface area contributed by atoms with Crippen LogP contribution in [0.5, 0.6) is 0 Å². The van der Waals surface area contributed by atoms with E-state index in [-0.39, 0.29) is 5.92 Å². The third-order valence-corrected chi connectivity index (χ3v) is 3.06. The predicted octanol–water partition coefficient (Wildman–Crippen LogP) is 3.00. The van der Waals surface area contributed by atoms with E-state index in [1.54, 1.807) is 11.3 Å². The summed E-state index contributed by atoms with van der Waals surface area (Å²) in [6, 6.07) is 0. The molecular weight excluding hydrogens is 194 g/mol. The van der Waals surface area contributed by atoms with E-state index in [0.29, 0.717) is 0 Å². The molecule has 0 spiro atoms. The number of aromatic nitrogens is 1. The molecule has 2 nitrogen and oxygen atoms in total. The van der Waals surface area contributed by atoms with Crippen LogP contribution < -0.4 is 0 Å². The minimum Gasteiger partial charge on any atom is -0.298 e. The van der Waals surface area contributed by atoms with Crippen molar-refractivity contribution >= 4 is 23.7 Å². The molecule has 0 saturated heterocycles. The first-order valence-electron chi connectivity index (χ1n) is 4.65. The number of carbonyl (C=O) groups is 1. The van der Waals surface area contributed by atoms with Crippen molar-refractivity contribution in [2.75, 3.05) is 0 Å². The van der Waals surface area contributed by atoms with Crippen LogP contribution in [0.1, 0.15) is 29.4 Å². The molecule has 3 heteroatoms. The summed E-state index contributed by atoms with van der Waals surface area (Å²) in [6.07, 6.45) is 2.87. The molecule has 0 saturated carbocycles. The molecule has 1 aromatic rings. The second-order valence-corrected chi connectivity index (χ2v) is 4.83. The highest BCUT2D eigenvalue weighted by atomic mass is 32.1. The fourth-order valence-corrected chi connectivity index (χ4v) is 2.06. The Balaban J connectivity index is 3.05. The Kier molecular flexibility index (Phi) is 3.58. The third kappa shape index (κ3) is 2.51. The van der Waals surface area contributed by atoms with Crippen molar-refractivity contribution in [2.24, 2.45) is 5.92 Å². The number of carbonyl (C=O) groups excluding carboxylic acids is 1. The van der Waals surface area contributed by atoms with Crippen LogP contribution in [0.3, 0.4) is 0 Å². The highest BCUT2D eigenvalue weighted by Gasteiger charge is 2.06. The van der Waals surface area contributed by atoms with Crippen molar-refractivity contribution in [3.8, 4) is 0 Å². The maximum absolute atomic E-state index is 10.8. The molecule has 0 aliphatic rings. The average Bonchev–Trinajstić information content (AvgIpc) is 2.40. The Morgan fingerprint density at radius 1 is 1.43 bits per heavy atom. The van der Waals surface area contributed by atoms with Gasteiger partial charge in [0.25, 0.3) is 0 Å². The molecular formula is C11H15NOS. The summed E-state index contributed by atoms with van der Waals surface area (Å²) >= 11 is 1.63. The van der Waals surface area contributed by atoms with Crippen molar-refractivity contribution < 1.29 is 4.79 Å². The van der Waals surface area contributed by atoms with Gasteiger partial charge in [-0.1, -0.05) is 13.8 Å². The second kappa shape index (κ2) is 4.51. The van der Waals surface area contributed by atoms with Gasteiger partial charge in [-0.25, -0.2) is 4.98 Å². The van der Waals surface area contributed by atoms with Gasteiger partial charge in [0.1, 0.15) is 6.29 Å². The Morgan fingerprint density at radius 3 is 2.43 bits per heavy atom. The quantitative estimate of drug-likeness (QED) is 0.566. The highest BCUT2D eigenvalue weighted by molar-refractivity contribution is 7.12. The van der Waals surface area contributed by atoms with Gasteiger partial charge >= 0.3 is 0 Å². The standard InChI is InChI=1S/C11H15NOS/c1-7(2)10(6-13)5-11-8(3)12-9(4)14-11/h5-7H,1-4H3/b10-5+. The molecule has 76 valence electrons. The summed E-state index contributed by atoms with van der Waals surface area (Å²) < 4.78 is 0. The predicted molar refractivity (Wildman–Crippen MR) is 60.5 cm³/mol. The summed E-state index contributed by atoms with van der Waals surface area (Å²) in [5.41, 5.74) is 1.84. The Hall–Kier alpha value is -0.960. The highest BCUT2D eigenvalue weighted by Crippen LogP contribution is 2.21. The molecule has 0 atom stereocenters. The minimum atomic E-state index is 0.273. The zero-order valence-electron chi connectivity index (χ0n) is 9.00. The number of hydrogen-bond donors (Lipinski definition) is 0. The summed E-state index contributed by atoms with van der Waals surface area (Å²) in [5.74, 6) is 0.273. The third-order valence-electron chi connectivity index (χ3n) is 2.04. The first-order chi connectivity index (χ1) is 6.54. The molecule has 0 N–H and O–H groups in total. The van der Waals surface area contributed by atoms with E-state index >= 15 is 0 Å². The molecule has 0 fully saturated rings. The van der Waals surface area contributed by atoms with Crippen molar-refractivity contribution in [1.82, 2.24) is 4.98 Å². The first kappa shape index (κ1) is 11.1. The van der Waals surface area contributed by atoms with Crippen LogP contribution in [0, 0.1) is 19.8 Å². The monoisotopic (exact) mass is 209 g/mol. The van der Waals surface area contributed by atoms with Gasteiger partial charge in [0.15, 0.2) is 0 Å². The van der Waals surface area contributed by atoms with Crippen LogP contribution in [0.25, 0.3) is 6.08 Å². The topological polar surface area (TPSA) is 30.0 Å². The molecule has 1 heterocycles. The lowest BCUT2D eigenvalue weighted by Gasteiger charge is -2.01. The lowest BCUT2D eigenvalue weighted by Crippen LogP contribution is -1.94. The van der Waals surface area contributed by atoms with E-state index in [9.17, 15) is 4.79 Å². The van der Waals surface area contributed by atoms with E-state index in [4.69, 9.17) is 0 Å². The van der Waals surface area contributed by atoms with Crippen LogP contribution in [0.15, 0.2) is 5.57 Å². The van der Waals surface area contributed by atoms with E-state index in [1.807, 2.05) is 33.8 Å². The van der Waals surface area contributed by atoms with Gasteiger partial charge in [0.05, 0.1) is 15.6 Å². The molecule has 0 radical (unpaired) electrons. The summed E-state index contributed by atoms with van der Waals surface area (Å²) in [4.78, 5) is 16.2. The molecule has 14 heavy (non-hydrogen) atoms. The van der Waals surface area contributed by atoms with Gasteiger partial charge in [0, 0.05) is 0 Å². The SMILES string of the molecule is Cc1nc(C)c(/C=C(\C=O)C(C)C)s1. The van der Waals surface area contributed by atoms with Crippen LogP contribution in [0.2, 0.25) is 0 Å². The maximum Gasteiger partial charge on any atom is 0.146 e. The lowest BCUT2D eigenvalue weighted by atomic mass is 10.0. The normalized spacial score (nSPS) is 12.2. The van der Waals surface area contributed by atoms with Crippen molar-refractivity contribution in [2.45, 2.75) is 27.7 Å². The van der Waals surface area contributed by atoms with Crippen molar-refractivity contribution in [1.29, 1.82) is 0 Å². The molecule has 1 aromatic heterocycles. The Morgan fingerprint density at radius 2 is 2.07 bits per heavy atom. The van der Waals surface area contributed by atoms with Crippen molar-refractivity contribution in [3.05, 3.63) is 21.2 Å². The van der Waals surface area contributed by atoms with Crippen LogP contribution >= 0.6 is 11.3 Å². The van der Waals surface area contributed by atoms with Gasteiger partial charge in [-0.3, -0.25) is 4.79 Å². The smallest absolute Gasteiger partial charge is 0.146 e. The fourth-order valence-electron chi connectivity index (χ4n) is 1.17. The number of aryl methyl sites for hydroxylation is 2. The number of hydrogen-bond acceptors (Lipinski definition) is 3. The zero-order chi connectivity index (χ0) is 10.7. The van der Waals surface area contributed by atoms with Gasteiger partial charge in [0.2, 0.25) is 0 Å². The van der Waals surface area contributed by atoms with E-state index in [1.165, 1.54) is 0 Å². The number of thiazole rings is 1. The van der Waals surface area contributed by atoms with Crippen LogP contribution in [0.4, 0.5) is 0 Å². The Labute approximate surface area is 88.7 Å². The molecule has 0 aliphatic carbocycles. The zero-order valence-corrected chi connectivity index (χ0v) is 9.81. The molecule has 0 unspecified atom stereocenters. The van der Waals surface area contributed by atoms with Crippen LogP contribution in [-0.4, -0.2) is 11.3 Å². The van der Waals surface area contributed by atoms with E-state index in [2.05, 4.69) is 4.98 Å². The fraction of sp³-hybridized carbons (Fsp3) is 0.455. The molecule has 0 aromatic carbocycles. The van der Waals surface area contributed by atoms with E-state index in [0.717, 1.165) is 27.4 Å². The summed E-state index contributed by atoms with van der Waals surface area (Å²) in [6.45, 7) is 7.98. The molecule has 1 rings (SSSR count). The summed E-state index contributed by atoms with van der Waals surface area (Å²) in [5, 5.41) is 1.04. The van der Waals surface area contributed by atoms with Crippen molar-refractivity contribution in [3.63, 3.8) is 0 Å². The van der Waals surface area contributed by atoms with Gasteiger partial charge in [-0.05, 0) is 31.4 Å². The van der Waals surface area contributed by atoms with Gasteiger partial charge < -0.3 is 0 Å². The average molecular weight is 209 g/mol. The minimum absolute atomic E-state index is 0.273. The van der Waals surface area contributed by atoms with E-state index < -0.39 is 0 Å². The van der Waals surface area contributed by atoms with Crippen LogP contribution in [-0.2, 0) is 4.79 Å². The first-order valence-corrected chi connectivity index (χ1v) is 5.47. The molecule has 0 amide bonds. The van der Waals surface area contributed by atoms with Gasteiger partial charge in [-0.2, -0.15) is 0 Å². The largest absolute Gasteiger partial charge is 0.298 e.